The molecule has 0 fully saturated rings. The van der Waals surface area contributed by atoms with Crippen LogP contribution in [0.15, 0.2) is 24.4 Å². The predicted molar refractivity (Wildman–Crippen MR) is 88.5 cm³/mol. The van der Waals surface area contributed by atoms with Gasteiger partial charge < -0.3 is 25.3 Å². The van der Waals surface area contributed by atoms with Gasteiger partial charge in [0.1, 0.15) is 17.8 Å². The summed E-state index contributed by atoms with van der Waals surface area (Å²) in [6.45, 7) is 5.06. The molecule has 7 heteroatoms. The van der Waals surface area contributed by atoms with E-state index < -0.39 is 23.9 Å². The Balaban J connectivity index is 2.02. The fourth-order valence-corrected chi connectivity index (χ4v) is 2.41. The first kappa shape index (κ1) is 17.6. The van der Waals surface area contributed by atoms with Gasteiger partial charge in [0.15, 0.2) is 0 Å². The Morgan fingerprint density at radius 3 is 2.74 bits per heavy atom. The van der Waals surface area contributed by atoms with Gasteiger partial charge in [-0.2, -0.15) is 0 Å². The molecule has 0 saturated carbocycles. The molecule has 1 aromatic carbocycles. The van der Waals surface area contributed by atoms with Crippen LogP contribution in [0.5, 0.6) is 0 Å². The smallest absolute Gasteiger partial charge is 0.407 e. The second-order valence-electron chi connectivity index (χ2n) is 6.33. The molecule has 23 heavy (non-hydrogen) atoms. The van der Waals surface area contributed by atoms with Crippen molar-refractivity contribution in [3.63, 3.8) is 0 Å². The highest BCUT2D eigenvalue weighted by Crippen LogP contribution is 2.29. The number of fused-ring (bicyclic) bond motifs is 1. The van der Waals surface area contributed by atoms with E-state index in [1.165, 1.54) is 0 Å². The van der Waals surface area contributed by atoms with Crippen LogP contribution in [0.4, 0.5) is 4.79 Å². The molecule has 2 unspecified atom stereocenters. The van der Waals surface area contributed by atoms with E-state index in [-0.39, 0.29) is 6.54 Å². The lowest BCUT2D eigenvalue weighted by molar-refractivity contribution is 0.0130. The van der Waals surface area contributed by atoms with Crippen LogP contribution < -0.4 is 5.32 Å². The molecule has 0 saturated heterocycles. The molecule has 1 aromatic heterocycles. The first-order valence-corrected chi connectivity index (χ1v) is 7.64. The monoisotopic (exact) mass is 340 g/mol. The largest absolute Gasteiger partial charge is 0.444 e. The van der Waals surface area contributed by atoms with Gasteiger partial charge in [-0.25, -0.2) is 4.79 Å². The second-order valence-corrected chi connectivity index (χ2v) is 6.74. The number of carbonyl (C=O) groups excluding carboxylic acids is 1. The average Bonchev–Trinajstić information content (AvgIpc) is 2.88. The summed E-state index contributed by atoms with van der Waals surface area (Å²) in [5, 5.41) is 24.0. The molecule has 0 aliphatic rings. The molecule has 1 amide bonds. The van der Waals surface area contributed by atoms with E-state index in [2.05, 4.69) is 10.3 Å². The number of hydrogen-bond donors (Lipinski definition) is 4. The highest BCUT2D eigenvalue weighted by Gasteiger charge is 2.23. The maximum Gasteiger partial charge on any atom is 0.407 e. The molecule has 0 aliphatic carbocycles. The van der Waals surface area contributed by atoms with Crippen molar-refractivity contribution < 1.29 is 19.7 Å². The number of benzene rings is 1. The SMILES string of the molecule is CC(C)(C)OC(=O)NCC(O)C(O)c1cc2cc[nH]c2cc1Cl. The fourth-order valence-electron chi connectivity index (χ4n) is 2.14. The van der Waals surface area contributed by atoms with Crippen molar-refractivity contribution in [3.05, 3.63) is 35.0 Å². The predicted octanol–water partition coefficient (Wildman–Crippen LogP) is 2.74. The Labute approximate surface area is 139 Å². The number of ether oxygens (including phenoxy) is 1. The van der Waals surface area contributed by atoms with Crippen molar-refractivity contribution in [2.24, 2.45) is 0 Å². The van der Waals surface area contributed by atoms with Gasteiger partial charge in [-0.1, -0.05) is 11.6 Å². The minimum Gasteiger partial charge on any atom is -0.444 e. The number of nitrogens with one attached hydrogen (secondary N) is 2. The summed E-state index contributed by atoms with van der Waals surface area (Å²) in [7, 11) is 0. The Morgan fingerprint density at radius 1 is 1.39 bits per heavy atom. The maximum atomic E-state index is 11.6. The molecule has 126 valence electrons. The molecule has 1 heterocycles. The van der Waals surface area contributed by atoms with Crippen molar-refractivity contribution >= 4 is 28.6 Å². The highest BCUT2D eigenvalue weighted by molar-refractivity contribution is 6.32. The Kier molecular flexibility index (Phi) is 5.19. The van der Waals surface area contributed by atoms with Gasteiger partial charge in [0.05, 0.1) is 0 Å². The molecular formula is C16H21ClN2O4. The van der Waals surface area contributed by atoms with E-state index in [4.69, 9.17) is 16.3 Å². The zero-order chi connectivity index (χ0) is 17.2. The number of aliphatic hydroxyl groups excluding tert-OH is 2. The summed E-state index contributed by atoms with van der Waals surface area (Å²) in [5.74, 6) is 0. The number of alkyl carbamates (subject to hydrolysis) is 1. The molecule has 0 radical (unpaired) electrons. The molecule has 0 aliphatic heterocycles. The molecule has 0 bridgehead atoms. The van der Waals surface area contributed by atoms with Gasteiger partial charge in [-0.05, 0) is 44.4 Å². The third-order valence-electron chi connectivity index (χ3n) is 3.21. The lowest BCUT2D eigenvalue weighted by atomic mass is 10.0. The molecular weight excluding hydrogens is 320 g/mol. The van der Waals surface area contributed by atoms with E-state index in [1.54, 1.807) is 39.1 Å². The standard InChI is InChI=1S/C16H21ClN2O4/c1-16(2,3)23-15(22)19-8-13(20)14(21)10-6-9-4-5-18-12(9)7-11(10)17/h4-7,13-14,18,20-21H,8H2,1-3H3,(H,19,22). The quantitative estimate of drug-likeness (QED) is 0.688. The molecule has 6 nitrogen and oxygen atoms in total. The van der Waals surface area contributed by atoms with Crippen LogP contribution in [0, 0.1) is 0 Å². The van der Waals surface area contributed by atoms with E-state index in [9.17, 15) is 15.0 Å². The van der Waals surface area contributed by atoms with Crippen LogP contribution in [0.1, 0.15) is 32.4 Å². The molecule has 2 aromatic rings. The first-order valence-electron chi connectivity index (χ1n) is 7.27. The Bertz CT molecular complexity index is 693. The minimum absolute atomic E-state index is 0.155. The van der Waals surface area contributed by atoms with Crippen LogP contribution in [0.25, 0.3) is 10.9 Å². The Hall–Kier alpha value is -1.76. The highest BCUT2D eigenvalue weighted by atomic mass is 35.5. The second kappa shape index (κ2) is 6.78. The van der Waals surface area contributed by atoms with Crippen molar-refractivity contribution in [3.8, 4) is 0 Å². The number of H-pyrrole nitrogens is 1. The number of carbonyl (C=O) groups is 1. The van der Waals surface area contributed by atoms with Crippen LogP contribution in [-0.2, 0) is 4.74 Å². The van der Waals surface area contributed by atoms with Gasteiger partial charge in [0, 0.05) is 28.8 Å². The van der Waals surface area contributed by atoms with Crippen LogP contribution in [0.3, 0.4) is 0 Å². The summed E-state index contributed by atoms with van der Waals surface area (Å²) in [6.07, 6.45) is -1.33. The van der Waals surface area contributed by atoms with Crippen molar-refractivity contribution in [2.75, 3.05) is 6.54 Å². The summed E-state index contributed by atoms with van der Waals surface area (Å²) < 4.78 is 5.07. The van der Waals surface area contributed by atoms with Gasteiger partial charge in [-0.15, -0.1) is 0 Å². The number of amides is 1. The molecule has 0 spiro atoms. The fraction of sp³-hybridized carbons (Fsp3) is 0.438. The van der Waals surface area contributed by atoms with Crippen molar-refractivity contribution in [1.29, 1.82) is 0 Å². The first-order chi connectivity index (χ1) is 10.7. The van der Waals surface area contributed by atoms with Crippen LogP contribution in [-0.4, -0.2) is 39.5 Å². The number of aromatic nitrogens is 1. The zero-order valence-electron chi connectivity index (χ0n) is 13.3. The lowest BCUT2D eigenvalue weighted by Gasteiger charge is -2.22. The number of hydrogen-bond acceptors (Lipinski definition) is 4. The lowest BCUT2D eigenvalue weighted by Crippen LogP contribution is -2.38. The number of halogens is 1. The van der Waals surface area contributed by atoms with E-state index >= 15 is 0 Å². The number of rotatable bonds is 4. The van der Waals surface area contributed by atoms with Crippen molar-refractivity contribution in [1.82, 2.24) is 10.3 Å². The summed E-state index contributed by atoms with van der Waals surface area (Å²) >= 11 is 6.15. The summed E-state index contributed by atoms with van der Waals surface area (Å²) in [5.41, 5.74) is 0.612. The van der Waals surface area contributed by atoms with Crippen molar-refractivity contribution in [2.45, 2.75) is 38.6 Å². The van der Waals surface area contributed by atoms with Gasteiger partial charge >= 0.3 is 6.09 Å². The molecule has 4 N–H and O–H groups in total. The summed E-state index contributed by atoms with van der Waals surface area (Å²) in [4.78, 5) is 14.6. The third-order valence-corrected chi connectivity index (χ3v) is 3.54. The maximum absolute atomic E-state index is 11.6. The normalized spacial score (nSPS) is 14.5. The minimum atomic E-state index is -1.23. The molecule has 2 atom stereocenters. The van der Waals surface area contributed by atoms with Gasteiger partial charge in [-0.3, -0.25) is 0 Å². The van der Waals surface area contributed by atoms with E-state index in [1.807, 2.05) is 6.07 Å². The van der Waals surface area contributed by atoms with Gasteiger partial charge in [0.2, 0.25) is 0 Å². The van der Waals surface area contributed by atoms with Gasteiger partial charge in [0.25, 0.3) is 0 Å². The number of aliphatic hydroxyl groups is 2. The number of aromatic amines is 1. The van der Waals surface area contributed by atoms with Crippen LogP contribution >= 0.6 is 11.6 Å². The van der Waals surface area contributed by atoms with E-state index in [0.29, 0.717) is 10.6 Å². The topological polar surface area (TPSA) is 94.6 Å². The summed E-state index contributed by atoms with van der Waals surface area (Å²) in [6, 6.07) is 5.23. The average molecular weight is 341 g/mol. The molecule has 2 rings (SSSR count). The third kappa shape index (κ3) is 4.60. The van der Waals surface area contributed by atoms with E-state index in [0.717, 1.165) is 10.9 Å². The zero-order valence-corrected chi connectivity index (χ0v) is 14.0. The Morgan fingerprint density at radius 2 is 2.09 bits per heavy atom. The van der Waals surface area contributed by atoms with Crippen LogP contribution in [0.2, 0.25) is 5.02 Å².